The summed E-state index contributed by atoms with van der Waals surface area (Å²) < 4.78 is 32.4. The van der Waals surface area contributed by atoms with Gasteiger partial charge in [0.1, 0.15) is 0 Å². The molecule has 1 N–H and O–H groups in total. The molecule has 0 saturated carbocycles. The van der Waals surface area contributed by atoms with Crippen LogP contribution in [0.1, 0.15) is 32.1 Å². The molecule has 1 amide bonds. The fraction of sp³-hybridized carbons (Fsp3) is 0.714. The maximum atomic E-state index is 12.2. The number of carbonyl (C=O) groups excluding carboxylic acids is 2. The van der Waals surface area contributed by atoms with Crippen LogP contribution < -0.4 is 4.72 Å². The normalized spacial score (nSPS) is 23.4. The minimum Gasteiger partial charge on any atom is -0.469 e. The first-order valence-electron chi connectivity index (χ1n) is 7.47. The Bertz CT molecular complexity index is 550. The van der Waals surface area contributed by atoms with Gasteiger partial charge in [0.25, 0.3) is 0 Å². The number of esters is 1. The Morgan fingerprint density at radius 2 is 1.95 bits per heavy atom. The lowest BCUT2D eigenvalue weighted by Gasteiger charge is -2.29. The highest BCUT2D eigenvalue weighted by atomic mass is 32.2. The molecule has 0 aromatic carbocycles. The standard InChI is InChI=1S/C14H22N2O5S/c1-21-14(18)12-6-8-16(9-7-12)22(19,20)15-13(17)10-11-4-2-3-5-11/h2,4,11-12H,3,5-10H2,1H3,(H,15,17)/t11-/m0/s1. The van der Waals surface area contributed by atoms with Gasteiger partial charge in [-0.25, -0.2) is 4.72 Å². The van der Waals surface area contributed by atoms with Crippen LogP contribution in [0, 0.1) is 11.8 Å². The van der Waals surface area contributed by atoms with Crippen molar-refractivity contribution in [1.29, 1.82) is 0 Å². The minimum atomic E-state index is -3.82. The summed E-state index contributed by atoms with van der Waals surface area (Å²) >= 11 is 0. The lowest BCUT2D eigenvalue weighted by Crippen LogP contribution is -2.47. The molecule has 0 bridgehead atoms. The van der Waals surface area contributed by atoms with Crippen molar-refractivity contribution in [2.24, 2.45) is 11.8 Å². The van der Waals surface area contributed by atoms with Crippen LogP contribution in [0.15, 0.2) is 12.2 Å². The molecule has 0 aromatic rings. The van der Waals surface area contributed by atoms with Crippen LogP contribution >= 0.6 is 0 Å². The van der Waals surface area contributed by atoms with Crippen molar-refractivity contribution in [3.05, 3.63) is 12.2 Å². The molecule has 2 rings (SSSR count). The lowest BCUT2D eigenvalue weighted by atomic mass is 9.99. The molecule has 8 heteroatoms. The fourth-order valence-corrected chi connectivity index (χ4v) is 4.04. The summed E-state index contributed by atoms with van der Waals surface area (Å²) in [6, 6.07) is 0. The Hall–Kier alpha value is -1.41. The van der Waals surface area contributed by atoms with E-state index in [1.807, 2.05) is 12.2 Å². The predicted molar refractivity (Wildman–Crippen MR) is 79.9 cm³/mol. The Balaban J connectivity index is 1.84. The van der Waals surface area contributed by atoms with Crippen molar-refractivity contribution in [2.45, 2.75) is 32.1 Å². The van der Waals surface area contributed by atoms with Crippen LogP contribution in [-0.2, 0) is 24.5 Å². The second-order valence-corrected chi connectivity index (χ2v) is 7.37. The first-order chi connectivity index (χ1) is 10.4. The average Bonchev–Trinajstić information content (AvgIpc) is 2.98. The number of hydrogen-bond acceptors (Lipinski definition) is 5. The zero-order valence-corrected chi connectivity index (χ0v) is 13.5. The van der Waals surface area contributed by atoms with E-state index in [9.17, 15) is 18.0 Å². The first kappa shape index (κ1) is 17.0. The number of ether oxygens (including phenoxy) is 1. The van der Waals surface area contributed by atoms with Gasteiger partial charge in [0.05, 0.1) is 13.0 Å². The van der Waals surface area contributed by atoms with E-state index in [0.29, 0.717) is 12.8 Å². The van der Waals surface area contributed by atoms with Gasteiger partial charge in [0.2, 0.25) is 5.91 Å². The number of amides is 1. The fourth-order valence-electron chi connectivity index (χ4n) is 2.85. The summed E-state index contributed by atoms with van der Waals surface area (Å²) in [7, 11) is -2.50. The molecule has 0 unspecified atom stereocenters. The van der Waals surface area contributed by atoms with Crippen molar-refractivity contribution >= 4 is 22.1 Å². The van der Waals surface area contributed by atoms with E-state index >= 15 is 0 Å². The van der Waals surface area contributed by atoms with Crippen molar-refractivity contribution < 1.29 is 22.7 Å². The average molecular weight is 330 g/mol. The number of piperidine rings is 1. The molecule has 0 radical (unpaired) electrons. The maximum absolute atomic E-state index is 12.2. The number of carbonyl (C=O) groups is 2. The van der Waals surface area contributed by atoms with E-state index in [1.54, 1.807) is 0 Å². The largest absolute Gasteiger partial charge is 0.469 e. The zero-order chi connectivity index (χ0) is 16.2. The third-order valence-electron chi connectivity index (χ3n) is 4.13. The second kappa shape index (κ2) is 7.23. The van der Waals surface area contributed by atoms with Crippen molar-refractivity contribution in [3.63, 3.8) is 0 Å². The van der Waals surface area contributed by atoms with E-state index in [1.165, 1.54) is 11.4 Å². The highest BCUT2D eigenvalue weighted by Gasteiger charge is 2.32. The summed E-state index contributed by atoms with van der Waals surface area (Å²) in [6.07, 6.45) is 6.79. The van der Waals surface area contributed by atoms with Crippen LogP contribution in [0.5, 0.6) is 0 Å². The van der Waals surface area contributed by atoms with Gasteiger partial charge in [0.15, 0.2) is 0 Å². The quantitative estimate of drug-likeness (QED) is 0.588. The molecular weight excluding hydrogens is 308 g/mol. The molecule has 2 aliphatic rings. The highest BCUT2D eigenvalue weighted by Crippen LogP contribution is 2.22. The molecule has 0 aromatic heterocycles. The van der Waals surface area contributed by atoms with Crippen molar-refractivity contribution in [1.82, 2.24) is 9.03 Å². The summed E-state index contributed by atoms with van der Waals surface area (Å²) in [4.78, 5) is 23.3. The smallest absolute Gasteiger partial charge is 0.308 e. The van der Waals surface area contributed by atoms with E-state index in [-0.39, 0.29) is 37.3 Å². The van der Waals surface area contributed by atoms with Crippen LogP contribution in [0.25, 0.3) is 0 Å². The van der Waals surface area contributed by atoms with E-state index in [0.717, 1.165) is 12.8 Å². The number of methoxy groups -OCH3 is 1. The number of rotatable bonds is 5. The molecule has 22 heavy (non-hydrogen) atoms. The van der Waals surface area contributed by atoms with Crippen LogP contribution in [0.3, 0.4) is 0 Å². The number of nitrogens with zero attached hydrogens (tertiary/aromatic N) is 1. The highest BCUT2D eigenvalue weighted by molar-refractivity contribution is 7.87. The van der Waals surface area contributed by atoms with Crippen LogP contribution in [-0.4, -0.2) is 44.8 Å². The molecule has 0 spiro atoms. The van der Waals surface area contributed by atoms with Gasteiger partial charge in [-0.3, -0.25) is 9.59 Å². The summed E-state index contributed by atoms with van der Waals surface area (Å²) in [5.74, 6) is -0.934. The van der Waals surface area contributed by atoms with Gasteiger partial charge in [-0.05, 0) is 31.6 Å². The summed E-state index contributed by atoms with van der Waals surface area (Å²) in [6.45, 7) is 0.428. The molecule has 1 aliphatic carbocycles. The molecule has 124 valence electrons. The Morgan fingerprint density at radius 1 is 1.27 bits per heavy atom. The molecule has 1 saturated heterocycles. The van der Waals surface area contributed by atoms with E-state index in [4.69, 9.17) is 0 Å². The Kier molecular flexibility index (Phi) is 5.57. The number of allylic oxidation sites excluding steroid dienone is 2. The van der Waals surface area contributed by atoms with Gasteiger partial charge in [0, 0.05) is 19.5 Å². The van der Waals surface area contributed by atoms with E-state index in [2.05, 4.69) is 9.46 Å². The second-order valence-electron chi connectivity index (χ2n) is 5.70. The van der Waals surface area contributed by atoms with Crippen LogP contribution in [0.2, 0.25) is 0 Å². The Labute approximate surface area is 130 Å². The monoisotopic (exact) mass is 330 g/mol. The molecule has 1 atom stereocenters. The number of nitrogens with one attached hydrogen (secondary N) is 1. The van der Waals surface area contributed by atoms with Gasteiger partial charge < -0.3 is 4.74 Å². The minimum absolute atomic E-state index is 0.125. The SMILES string of the molecule is COC(=O)C1CCN(S(=O)(=O)NC(=O)C[C@H]2C=CCC2)CC1. The van der Waals surface area contributed by atoms with Gasteiger partial charge in [-0.2, -0.15) is 12.7 Å². The molecule has 1 fully saturated rings. The molecule has 1 heterocycles. The van der Waals surface area contributed by atoms with Gasteiger partial charge in [-0.15, -0.1) is 0 Å². The number of hydrogen-bond donors (Lipinski definition) is 1. The Morgan fingerprint density at radius 3 is 2.50 bits per heavy atom. The summed E-state index contributed by atoms with van der Waals surface area (Å²) in [5, 5.41) is 0. The van der Waals surface area contributed by atoms with Gasteiger partial charge in [-0.1, -0.05) is 12.2 Å². The molecule has 1 aliphatic heterocycles. The van der Waals surface area contributed by atoms with E-state index < -0.39 is 16.1 Å². The third kappa shape index (κ3) is 4.30. The topological polar surface area (TPSA) is 92.8 Å². The van der Waals surface area contributed by atoms with Crippen molar-refractivity contribution in [2.75, 3.05) is 20.2 Å². The van der Waals surface area contributed by atoms with Crippen molar-refractivity contribution in [3.8, 4) is 0 Å². The first-order valence-corrected chi connectivity index (χ1v) is 8.91. The predicted octanol–water partition coefficient (Wildman–Crippen LogP) is 0.589. The zero-order valence-electron chi connectivity index (χ0n) is 12.7. The van der Waals surface area contributed by atoms with Gasteiger partial charge >= 0.3 is 16.2 Å². The lowest BCUT2D eigenvalue weighted by molar-refractivity contribution is -0.146. The third-order valence-corrected chi connectivity index (χ3v) is 5.66. The maximum Gasteiger partial charge on any atom is 0.308 e. The molecule has 7 nitrogen and oxygen atoms in total. The molecular formula is C14H22N2O5S. The summed E-state index contributed by atoms with van der Waals surface area (Å²) in [5.41, 5.74) is 0. The van der Waals surface area contributed by atoms with Crippen LogP contribution in [0.4, 0.5) is 0 Å².